The van der Waals surface area contributed by atoms with Gasteiger partial charge in [-0.25, -0.2) is 4.79 Å². The van der Waals surface area contributed by atoms with Gasteiger partial charge in [-0.3, -0.25) is 4.79 Å². The highest BCUT2D eigenvalue weighted by Gasteiger charge is 2.31. The molecule has 0 saturated carbocycles. The Morgan fingerprint density at radius 1 is 1.21 bits per heavy atom. The molecule has 1 saturated heterocycles. The lowest BCUT2D eigenvalue weighted by molar-refractivity contribution is -0.135. The molecule has 0 bridgehead atoms. The summed E-state index contributed by atoms with van der Waals surface area (Å²) in [5, 5.41) is 20.4. The van der Waals surface area contributed by atoms with Crippen LogP contribution in [0.3, 0.4) is 0 Å². The van der Waals surface area contributed by atoms with Crippen LogP contribution in [0.4, 0.5) is 10.5 Å². The Hall–Kier alpha value is -3.06. The maximum absolute atomic E-state index is 12.5. The number of nitrogens with zero attached hydrogens (tertiary/aromatic N) is 4. The minimum absolute atomic E-state index is 0.112. The predicted molar refractivity (Wildman–Crippen MR) is 87.6 cm³/mol. The van der Waals surface area contributed by atoms with Crippen LogP contribution >= 0.6 is 0 Å². The highest BCUT2D eigenvalue weighted by Crippen LogP contribution is 2.20. The van der Waals surface area contributed by atoms with E-state index in [9.17, 15) is 9.59 Å². The zero-order valence-electron chi connectivity index (χ0n) is 13.3. The topological polar surface area (TPSA) is 100 Å². The Morgan fingerprint density at radius 3 is 2.50 bits per heavy atom. The van der Waals surface area contributed by atoms with E-state index < -0.39 is 0 Å². The standard InChI is InChI=1S/C17H19N5O2/c18-8-11-21(12-9-19)16(23)14-5-4-10-22(13-14)17(24)20-15-6-2-1-3-7-15/h1-3,6-7,14H,4-5,10-13H2,(H,20,24). The van der Waals surface area contributed by atoms with Gasteiger partial charge in [0, 0.05) is 18.8 Å². The van der Waals surface area contributed by atoms with Crippen LogP contribution in [0.1, 0.15) is 12.8 Å². The predicted octanol–water partition coefficient (Wildman–Crippen LogP) is 1.81. The largest absolute Gasteiger partial charge is 0.324 e. The highest BCUT2D eigenvalue weighted by molar-refractivity contribution is 5.90. The monoisotopic (exact) mass is 325 g/mol. The lowest BCUT2D eigenvalue weighted by Gasteiger charge is -2.33. The molecule has 24 heavy (non-hydrogen) atoms. The van der Waals surface area contributed by atoms with Gasteiger partial charge in [0.15, 0.2) is 0 Å². The fourth-order valence-corrected chi connectivity index (χ4v) is 2.73. The van der Waals surface area contributed by atoms with Crippen molar-refractivity contribution < 1.29 is 9.59 Å². The van der Waals surface area contributed by atoms with E-state index in [1.807, 2.05) is 30.3 Å². The molecule has 7 nitrogen and oxygen atoms in total. The molecule has 1 unspecified atom stereocenters. The Kier molecular flexibility index (Phi) is 6.16. The number of carbonyl (C=O) groups is 2. The van der Waals surface area contributed by atoms with Crippen molar-refractivity contribution in [3.8, 4) is 12.1 Å². The summed E-state index contributed by atoms with van der Waals surface area (Å²) in [5.74, 6) is -0.614. The lowest BCUT2D eigenvalue weighted by Crippen LogP contribution is -2.48. The van der Waals surface area contributed by atoms with Crippen molar-refractivity contribution in [2.45, 2.75) is 12.8 Å². The van der Waals surface area contributed by atoms with Gasteiger partial charge in [0.2, 0.25) is 5.91 Å². The smallest absolute Gasteiger partial charge is 0.321 e. The van der Waals surface area contributed by atoms with Crippen molar-refractivity contribution >= 4 is 17.6 Å². The highest BCUT2D eigenvalue weighted by atomic mass is 16.2. The normalized spacial score (nSPS) is 16.6. The SMILES string of the molecule is N#CCN(CC#N)C(=O)C1CCCN(C(=O)Nc2ccccc2)C1. The third-order valence-electron chi connectivity index (χ3n) is 3.92. The Bertz CT molecular complexity index is 646. The van der Waals surface area contributed by atoms with Crippen LogP contribution in [0.25, 0.3) is 0 Å². The molecule has 1 aromatic carbocycles. The van der Waals surface area contributed by atoms with Gasteiger partial charge in [0.25, 0.3) is 0 Å². The molecule has 0 aliphatic carbocycles. The number of carbonyl (C=O) groups excluding carboxylic acids is 2. The summed E-state index contributed by atoms with van der Waals surface area (Å²) in [5.41, 5.74) is 0.700. The van der Waals surface area contributed by atoms with Gasteiger partial charge in [-0.15, -0.1) is 0 Å². The molecule has 2 rings (SSSR count). The van der Waals surface area contributed by atoms with E-state index in [-0.39, 0.29) is 30.9 Å². The van der Waals surface area contributed by atoms with Gasteiger partial charge >= 0.3 is 6.03 Å². The van der Waals surface area contributed by atoms with Crippen LogP contribution in [0.15, 0.2) is 30.3 Å². The van der Waals surface area contributed by atoms with Gasteiger partial charge in [-0.1, -0.05) is 18.2 Å². The zero-order valence-corrected chi connectivity index (χ0v) is 13.3. The second kappa shape index (κ2) is 8.54. The van der Waals surface area contributed by atoms with Crippen LogP contribution in [0.5, 0.6) is 0 Å². The Labute approximate surface area is 141 Å². The number of anilines is 1. The van der Waals surface area contributed by atoms with Crippen LogP contribution in [-0.4, -0.2) is 47.9 Å². The van der Waals surface area contributed by atoms with Crippen LogP contribution in [-0.2, 0) is 4.79 Å². The summed E-state index contributed by atoms with van der Waals surface area (Å²) < 4.78 is 0. The van der Waals surface area contributed by atoms with Gasteiger partial charge in [-0.2, -0.15) is 10.5 Å². The fourth-order valence-electron chi connectivity index (χ4n) is 2.73. The summed E-state index contributed by atoms with van der Waals surface area (Å²) in [6.45, 7) is 0.655. The van der Waals surface area contributed by atoms with Crippen molar-refractivity contribution in [2.24, 2.45) is 5.92 Å². The second-order valence-corrected chi connectivity index (χ2v) is 5.59. The summed E-state index contributed by atoms with van der Waals surface area (Å²) >= 11 is 0. The van der Waals surface area contributed by atoms with Crippen LogP contribution in [0, 0.1) is 28.6 Å². The van der Waals surface area contributed by atoms with E-state index in [1.54, 1.807) is 17.0 Å². The number of urea groups is 1. The molecule has 1 aliphatic rings. The maximum atomic E-state index is 12.5. The molecule has 0 aromatic heterocycles. The van der Waals surface area contributed by atoms with Crippen molar-refractivity contribution in [1.82, 2.24) is 9.80 Å². The Morgan fingerprint density at radius 2 is 1.88 bits per heavy atom. The molecule has 1 atom stereocenters. The van der Waals surface area contributed by atoms with Gasteiger partial charge in [0.1, 0.15) is 13.1 Å². The minimum atomic E-state index is -0.373. The molecule has 1 fully saturated rings. The van der Waals surface area contributed by atoms with Crippen LogP contribution < -0.4 is 5.32 Å². The molecular weight excluding hydrogens is 306 g/mol. The molecule has 1 aliphatic heterocycles. The number of nitriles is 2. The summed E-state index contributed by atoms with van der Waals surface area (Å²) in [4.78, 5) is 27.7. The molecule has 124 valence electrons. The van der Waals surface area contributed by atoms with Gasteiger partial charge < -0.3 is 15.1 Å². The zero-order chi connectivity index (χ0) is 17.4. The number of nitrogens with one attached hydrogen (secondary N) is 1. The molecule has 1 heterocycles. The fraction of sp³-hybridized carbons (Fsp3) is 0.412. The maximum Gasteiger partial charge on any atom is 0.321 e. The first-order chi connectivity index (χ1) is 11.7. The molecular formula is C17H19N5O2. The lowest BCUT2D eigenvalue weighted by atomic mass is 9.96. The average Bonchev–Trinajstić information content (AvgIpc) is 2.62. The number of hydrogen-bond donors (Lipinski definition) is 1. The number of likely N-dealkylation sites (tertiary alicyclic amines) is 1. The molecule has 1 N–H and O–H groups in total. The number of para-hydroxylation sites is 1. The second-order valence-electron chi connectivity index (χ2n) is 5.59. The van der Waals surface area contributed by atoms with Gasteiger partial charge in [0.05, 0.1) is 18.1 Å². The van der Waals surface area contributed by atoms with Gasteiger partial charge in [-0.05, 0) is 25.0 Å². The van der Waals surface area contributed by atoms with E-state index in [0.717, 1.165) is 0 Å². The van der Waals surface area contributed by atoms with Crippen LogP contribution in [0.2, 0.25) is 0 Å². The third-order valence-corrected chi connectivity index (χ3v) is 3.92. The number of benzene rings is 1. The first kappa shape index (κ1) is 17.3. The number of piperidine rings is 1. The third kappa shape index (κ3) is 4.47. The van der Waals surface area contributed by atoms with Crippen molar-refractivity contribution in [3.63, 3.8) is 0 Å². The van der Waals surface area contributed by atoms with E-state index in [4.69, 9.17) is 10.5 Å². The van der Waals surface area contributed by atoms with E-state index in [2.05, 4.69) is 5.32 Å². The van der Waals surface area contributed by atoms with Crippen molar-refractivity contribution in [3.05, 3.63) is 30.3 Å². The molecule has 0 radical (unpaired) electrons. The van der Waals surface area contributed by atoms with E-state index in [1.165, 1.54) is 4.90 Å². The average molecular weight is 325 g/mol. The Balaban J connectivity index is 1.98. The van der Waals surface area contributed by atoms with E-state index >= 15 is 0 Å². The summed E-state index contributed by atoms with van der Waals surface area (Å²) in [6.07, 6.45) is 1.37. The van der Waals surface area contributed by atoms with Crippen molar-refractivity contribution in [1.29, 1.82) is 10.5 Å². The molecule has 1 aromatic rings. The summed E-state index contributed by atoms with van der Waals surface area (Å²) in [7, 11) is 0. The number of rotatable bonds is 4. The van der Waals surface area contributed by atoms with Crippen molar-refractivity contribution in [2.75, 3.05) is 31.5 Å². The molecule has 7 heteroatoms. The summed E-state index contributed by atoms with van der Waals surface area (Å²) in [6, 6.07) is 12.7. The van der Waals surface area contributed by atoms with E-state index in [0.29, 0.717) is 31.6 Å². The first-order valence-corrected chi connectivity index (χ1v) is 7.79. The molecule has 3 amide bonds. The first-order valence-electron chi connectivity index (χ1n) is 7.79. The minimum Gasteiger partial charge on any atom is -0.324 e. The molecule has 0 spiro atoms. The quantitative estimate of drug-likeness (QED) is 0.853. The number of amides is 3. The number of hydrogen-bond acceptors (Lipinski definition) is 4.